The average molecular weight is 246 g/mol. The van der Waals surface area contributed by atoms with Crippen LogP contribution < -0.4 is 5.73 Å². The summed E-state index contributed by atoms with van der Waals surface area (Å²) >= 11 is 0. The second kappa shape index (κ2) is 6.01. The van der Waals surface area contributed by atoms with E-state index in [1.165, 1.54) is 6.42 Å². The summed E-state index contributed by atoms with van der Waals surface area (Å²) in [5.74, 6) is 0.706. The monoisotopic (exact) mass is 246 g/mol. The lowest BCUT2D eigenvalue weighted by molar-refractivity contribution is -0.134. The topological polar surface area (TPSA) is 46.3 Å². The van der Waals surface area contributed by atoms with E-state index in [9.17, 15) is 4.79 Å². The number of likely N-dealkylation sites (tertiary alicyclic amines) is 1. The van der Waals surface area contributed by atoms with E-state index in [1.807, 2.05) is 35.2 Å². The largest absolute Gasteiger partial charge is 0.341 e. The third-order valence-corrected chi connectivity index (χ3v) is 3.58. The number of hydrogen-bond acceptors (Lipinski definition) is 2. The smallest absolute Gasteiger partial charge is 0.239 e. The highest BCUT2D eigenvalue weighted by Crippen LogP contribution is 2.16. The Morgan fingerprint density at radius 3 is 2.83 bits per heavy atom. The van der Waals surface area contributed by atoms with Crippen LogP contribution in [0.2, 0.25) is 0 Å². The molecule has 3 nitrogen and oxygen atoms in total. The molecular formula is C15H22N2O. The van der Waals surface area contributed by atoms with Crippen molar-refractivity contribution in [3.8, 4) is 0 Å². The minimum absolute atomic E-state index is 0.102. The maximum atomic E-state index is 12.2. The van der Waals surface area contributed by atoms with Gasteiger partial charge in [-0.25, -0.2) is 0 Å². The fraction of sp³-hybridized carbons (Fsp3) is 0.533. The van der Waals surface area contributed by atoms with Crippen LogP contribution in [0.3, 0.4) is 0 Å². The Hall–Kier alpha value is -1.35. The summed E-state index contributed by atoms with van der Waals surface area (Å²) in [6, 6.07) is 9.57. The SMILES string of the molecule is CC1CCCN(C(=O)C(N)Cc2ccccc2)C1. The molecule has 0 spiro atoms. The molecule has 2 rings (SSSR count). The molecule has 3 heteroatoms. The van der Waals surface area contributed by atoms with Crippen LogP contribution >= 0.6 is 0 Å². The molecule has 18 heavy (non-hydrogen) atoms. The van der Waals surface area contributed by atoms with Crippen molar-refractivity contribution in [3.05, 3.63) is 35.9 Å². The number of amides is 1. The molecule has 0 aliphatic carbocycles. The minimum Gasteiger partial charge on any atom is -0.341 e. The molecule has 2 N–H and O–H groups in total. The van der Waals surface area contributed by atoms with E-state index < -0.39 is 6.04 Å². The van der Waals surface area contributed by atoms with Gasteiger partial charge in [0.1, 0.15) is 0 Å². The Labute approximate surface area is 109 Å². The molecule has 0 radical (unpaired) electrons. The van der Waals surface area contributed by atoms with E-state index in [4.69, 9.17) is 5.73 Å². The predicted octanol–water partition coefficient (Wildman–Crippen LogP) is 1.81. The molecule has 1 aliphatic heterocycles. The summed E-state index contributed by atoms with van der Waals surface area (Å²) < 4.78 is 0. The first kappa shape index (κ1) is 13.1. The van der Waals surface area contributed by atoms with Gasteiger partial charge in [0.2, 0.25) is 5.91 Å². The second-order valence-corrected chi connectivity index (χ2v) is 5.33. The number of nitrogens with zero attached hydrogens (tertiary/aromatic N) is 1. The van der Waals surface area contributed by atoms with Crippen molar-refractivity contribution in [1.29, 1.82) is 0 Å². The van der Waals surface area contributed by atoms with Crippen LogP contribution in [0.15, 0.2) is 30.3 Å². The summed E-state index contributed by atoms with van der Waals surface area (Å²) in [6.07, 6.45) is 2.95. The maximum absolute atomic E-state index is 12.2. The van der Waals surface area contributed by atoms with Gasteiger partial charge < -0.3 is 10.6 Å². The van der Waals surface area contributed by atoms with E-state index in [1.54, 1.807) is 0 Å². The molecule has 1 aromatic carbocycles. The Balaban J connectivity index is 1.92. The van der Waals surface area contributed by atoms with Crippen LogP contribution in [0.25, 0.3) is 0 Å². The summed E-state index contributed by atoms with van der Waals surface area (Å²) in [6.45, 7) is 3.93. The first-order valence-corrected chi connectivity index (χ1v) is 6.75. The molecule has 1 heterocycles. The summed E-state index contributed by atoms with van der Waals surface area (Å²) in [7, 11) is 0. The molecule has 2 unspecified atom stereocenters. The molecule has 1 aromatic rings. The zero-order valence-corrected chi connectivity index (χ0v) is 11.0. The number of piperidine rings is 1. The normalized spacial score (nSPS) is 21.7. The van der Waals surface area contributed by atoms with Crippen molar-refractivity contribution in [2.45, 2.75) is 32.2 Å². The highest BCUT2D eigenvalue weighted by atomic mass is 16.2. The number of nitrogens with two attached hydrogens (primary N) is 1. The van der Waals surface area contributed by atoms with Gasteiger partial charge in [-0.3, -0.25) is 4.79 Å². The summed E-state index contributed by atoms with van der Waals surface area (Å²) in [5.41, 5.74) is 7.16. The molecule has 98 valence electrons. The van der Waals surface area contributed by atoms with Gasteiger partial charge in [-0.1, -0.05) is 37.3 Å². The van der Waals surface area contributed by atoms with Crippen molar-refractivity contribution < 1.29 is 4.79 Å². The Morgan fingerprint density at radius 2 is 2.17 bits per heavy atom. The zero-order valence-electron chi connectivity index (χ0n) is 11.0. The van der Waals surface area contributed by atoms with Gasteiger partial charge >= 0.3 is 0 Å². The highest BCUT2D eigenvalue weighted by molar-refractivity contribution is 5.82. The lowest BCUT2D eigenvalue weighted by Gasteiger charge is -2.32. The van der Waals surface area contributed by atoms with Gasteiger partial charge in [-0.15, -0.1) is 0 Å². The molecular weight excluding hydrogens is 224 g/mol. The standard InChI is InChI=1S/C15H22N2O/c1-12-6-5-9-17(11-12)15(18)14(16)10-13-7-3-2-4-8-13/h2-4,7-8,12,14H,5-6,9-11,16H2,1H3. The molecule has 0 aromatic heterocycles. The number of benzene rings is 1. The van der Waals surface area contributed by atoms with Gasteiger partial charge in [0, 0.05) is 13.1 Å². The van der Waals surface area contributed by atoms with Crippen molar-refractivity contribution in [2.24, 2.45) is 11.7 Å². The number of rotatable bonds is 3. The summed E-state index contributed by atoms with van der Waals surface area (Å²) in [5, 5.41) is 0. The molecule has 2 atom stereocenters. The molecule has 1 saturated heterocycles. The molecule has 1 fully saturated rings. The highest BCUT2D eigenvalue weighted by Gasteiger charge is 2.25. The fourth-order valence-electron chi connectivity index (χ4n) is 2.58. The third kappa shape index (κ3) is 3.33. The van der Waals surface area contributed by atoms with Crippen molar-refractivity contribution in [3.63, 3.8) is 0 Å². The number of carbonyl (C=O) groups excluding carboxylic acids is 1. The summed E-state index contributed by atoms with van der Waals surface area (Å²) in [4.78, 5) is 14.2. The van der Waals surface area contributed by atoms with E-state index in [-0.39, 0.29) is 5.91 Å². The lowest BCUT2D eigenvalue weighted by atomic mass is 9.98. The first-order chi connectivity index (χ1) is 8.66. The van der Waals surface area contributed by atoms with Gasteiger partial charge in [0.15, 0.2) is 0 Å². The van der Waals surface area contributed by atoms with E-state index >= 15 is 0 Å². The van der Waals surface area contributed by atoms with Crippen LogP contribution in [0.5, 0.6) is 0 Å². The first-order valence-electron chi connectivity index (χ1n) is 6.75. The van der Waals surface area contributed by atoms with Crippen molar-refractivity contribution in [2.75, 3.05) is 13.1 Å². The van der Waals surface area contributed by atoms with Gasteiger partial charge in [0.05, 0.1) is 6.04 Å². The Morgan fingerprint density at radius 1 is 1.44 bits per heavy atom. The number of hydrogen-bond donors (Lipinski definition) is 1. The molecule has 0 bridgehead atoms. The van der Waals surface area contributed by atoms with Crippen LogP contribution in [0.1, 0.15) is 25.3 Å². The van der Waals surface area contributed by atoms with E-state index in [0.717, 1.165) is 25.1 Å². The number of carbonyl (C=O) groups is 1. The quantitative estimate of drug-likeness (QED) is 0.884. The van der Waals surface area contributed by atoms with Gasteiger partial charge in [-0.2, -0.15) is 0 Å². The third-order valence-electron chi connectivity index (χ3n) is 3.58. The maximum Gasteiger partial charge on any atom is 0.239 e. The fourth-order valence-corrected chi connectivity index (χ4v) is 2.58. The van der Waals surface area contributed by atoms with E-state index in [2.05, 4.69) is 6.92 Å². The molecule has 1 aliphatic rings. The van der Waals surface area contributed by atoms with E-state index in [0.29, 0.717) is 12.3 Å². The van der Waals surface area contributed by atoms with Crippen LogP contribution in [0.4, 0.5) is 0 Å². The van der Waals surface area contributed by atoms with Crippen molar-refractivity contribution in [1.82, 2.24) is 4.90 Å². The molecule has 1 amide bonds. The van der Waals surface area contributed by atoms with Gasteiger partial charge in [-0.05, 0) is 30.7 Å². The zero-order chi connectivity index (χ0) is 13.0. The lowest BCUT2D eigenvalue weighted by Crippen LogP contribution is -2.48. The second-order valence-electron chi connectivity index (χ2n) is 5.33. The van der Waals surface area contributed by atoms with Crippen LogP contribution in [0, 0.1) is 5.92 Å². The average Bonchev–Trinajstić information content (AvgIpc) is 2.39. The predicted molar refractivity (Wildman–Crippen MR) is 73.1 cm³/mol. The molecule has 0 saturated carbocycles. The van der Waals surface area contributed by atoms with Gasteiger partial charge in [0.25, 0.3) is 0 Å². The Kier molecular flexibility index (Phi) is 4.37. The van der Waals surface area contributed by atoms with Crippen LogP contribution in [-0.4, -0.2) is 29.9 Å². The van der Waals surface area contributed by atoms with Crippen molar-refractivity contribution >= 4 is 5.91 Å². The van der Waals surface area contributed by atoms with Crippen LogP contribution in [-0.2, 0) is 11.2 Å². The Bertz CT molecular complexity index is 391. The minimum atomic E-state index is -0.405.